The molecule has 1 heterocycles. The van der Waals surface area contributed by atoms with Crippen LogP contribution in [0.5, 0.6) is 5.75 Å². The summed E-state index contributed by atoms with van der Waals surface area (Å²) in [6.07, 6.45) is 0.552. The second-order valence-electron chi connectivity index (χ2n) is 8.61. The van der Waals surface area contributed by atoms with Crippen molar-refractivity contribution < 1.29 is 29.0 Å². The number of amides is 4. The molecule has 0 unspecified atom stereocenters. The number of carboxylic acids is 1. The van der Waals surface area contributed by atoms with E-state index in [0.717, 1.165) is 11.1 Å². The molecule has 0 spiro atoms. The Morgan fingerprint density at radius 2 is 1.56 bits per heavy atom. The van der Waals surface area contributed by atoms with Crippen LogP contribution in [0.3, 0.4) is 0 Å². The maximum atomic E-state index is 12.9. The van der Waals surface area contributed by atoms with E-state index in [1.807, 2.05) is 31.2 Å². The van der Waals surface area contributed by atoms with E-state index in [2.05, 4.69) is 10.6 Å². The van der Waals surface area contributed by atoms with Gasteiger partial charge in [-0.15, -0.1) is 0 Å². The number of hydrogen-bond donors (Lipinski definition) is 3. The summed E-state index contributed by atoms with van der Waals surface area (Å²) in [7, 11) is 1.50. The first-order valence-electron chi connectivity index (χ1n) is 11.8. The van der Waals surface area contributed by atoms with Crippen molar-refractivity contribution in [2.45, 2.75) is 32.6 Å². The molecule has 0 atom stereocenters. The number of para-hydroxylation sites is 1. The zero-order valence-electron chi connectivity index (χ0n) is 20.6. The fourth-order valence-corrected chi connectivity index (χ4v) is 4.01. The summed E-state index contributed by atoms with van der Waals surface area (Å²) in [6.45, 7) is 3.71. The van der Waals surface area contributed by atoms with E-state index in [0.29, 0.717) is 49.7 Å². The second kappa shape index (κ2) is 12.6. The summed E-state index contributed by atoms with van der Waals surface area (Å²) in [5, 5.41) is 14.4. The predicted molar refractivity (Wildman–Crippen MR) is 135 cm³/mol. The fourth-order valence-electron chi connectivity index (χ4n) is 4.01. The molecule has 3 rings (SSSR count). The number of aliphatic carboxylic acids is 1. The highest BCUT2D eigenvalue weighted by Gasteiger charge is 2.23. The van der Waals surface area contributed by atoms with Gasteiger partial charge in [0.05, 0.1) is 25.6 Å². The third-order valence-corrected chi connectivity index (χ3v) is 6.02. The Hall–Kier alpha value is -4.08. The van der Waals surface area contributed by atoms with Crippen molar-refractivity contribution in [1.29, 1.82) is 0 Å². The minimum atomic E-state index is -1.00. The topological polar surface area (TPSA) is 128 Å². The Kier molecular flexibility index (Phi) is 9.26. The molecule has 0 radical (unpaired) electrons. The molecule has 1 saturated heterocycles. The van der Waals surface area contributed by atoms with Gasteiger partial charge in [-0.1, -0.05) is 24.3 Å². The molecule has 0 aliphatic carbocycles. The number of ether oxygens (including phenoxy) is 1. The van der Waals surface area contributed by atoms with Gasteiger partial charge in [0.15, 0.2) is 0 Å². The van der Waals surface area contributed by atoms with Crippen LogP contribution in [0.15, 0.2) is 42.5 Å². The third-order valence-electron chi connectivity index (χ3n) is 6.02. The van der Waals surface area contributed by atoms with E-state index in [9.17, 15) is 19.2 Å². The molecule has 1 aliphatic heterocycles. The van der Waals surface area contributed by atoms with E-state index >= 15 is 0 Å². The highest BCUT2D eigenvalue weighted by atomic mass is 16.5. The molecular weight excluding hydrogens is 464 g/mol. The second-order valence-corrected chi connectivity index (χ2v) is 8.61. The monoisotopic (exact) mass is 496 g/mol. The molecule has 0 saturated carbocycles. The minimum Gasteiger partial charge on any atom is -0.495 e. The first-order valence-corrected chi connectivity index (χ1v) is 11.8. The number of aryl methyl sites for hydroxylation is 1. The molecule has 192 valence electrons. The number of hydrogen-bond acceptors (Lipinski definition) is 5. The molecule has 4 amide bonds. The summed E-state index contributed by atoms with van der Waals surface area (Å²) < 4.78 is 5.43. The Morgan fingerprint density at radius 1 is 0.889 bits per heavy atom. The maximum absolute atomic E-state index is 12.9. The SMILES string of the molecule is COc1cc(CC(=O)N2CCCN(C(=O)CCC(=O)O)CC2)ccc1NC(=O)Nc1ccccc1C. The van der Waals surface area contributed by atoms with Crippen LogP contribution in [0.2, 0.25) is 0 Å². The van der Waals surface area contributed by atoms with Gasteiger partial charge in [0, 0.05) is 38.3 Å². The lowest BCUT2D eigenvalue weighted by atomic mass is 10.1. The number of carbonyl (C=O) groups excluding carboxylic acids is 3. The summed E-state index contributed by atoms with van der Waals surface area (Å²) in [6, 6.07) is 12.2. The van der Waals surface area contributed by atoms with Crippen LogP contribution in [-0.4, -0.2) is 72.0 Å². The first kappa shape index (κ1) is 26.5. The lowest BCUT2D eigenvalue weighted by molar-refractivity contribution is -0.140. The number of nitrogens with zero attached hydrogens (tertiary/aromatic N) is 2. The van der Waals surface area contributed by atoms with E-state index in [1.54, 1.807) is 28.0 Å². The van der Waals surface area contributed by atoms with Gasteiger partial charge < -0.3 is 30.3 Å². The van der Waals surface area contributed by atoms with Crippen molar-refractivity contribution in [1.82, 2.24) is 9.80 Å². The number of rotatable bonds is 8. The van der Waals surface area contributed by atoms with Crippen LogP contribution >= 0.6 is 0 Å². The highest BCUT2D eigenvalue weighted by molar-refractivity contribution is 6.01. The van der Waals surface area contributed by atoms with Crippen LogP contribution in [0, 0.1) is 6.92 Å². The molecule has 2 aromatic carbocycles. The predicted octanol–water partition coefficient (Wildman–Crippen LogP) is 3.12. The molecule has 0 aromatic heterocycles. The molecule has 36 heavy (non-hydrogen) atoms. The Labute approximate surface area is 210 Å². The van der Waals surface area contributed by atoms with Crippen LogP contribution < -0.4 is 15.4 Å². The lowest BCUT2D eigenvalue weighted by Crippen LogP contribution is -2.38. The van der Waals surface area contributed by atoms with E-state index in [-0.39, 0.29) is 31.1 Å². The highest BCUT2D eigenvalue weighted by Crippen LogP contribution is 2.26. The fraction of sp³-hybridized carbons (Fsp3) is 0.385. The molecule has 2 aromatic rings. The zero-order chi connectivity index (χ0) is 26.1. The average Bonchev–Trinajstić information content (AvgIpc) is 3.11. The first-order chi connectivity index (χ1) is 17.3. The Bertz CT molecular complexity index is 1120. The quantitative estimate of drug-likeness (QED) is 0.515. The summed E-state index contributed by atoms with van der Waals surface area (Å²) in [5.74, 6) is -0.842. The van der Waals surface area contributed by atoms with Gasteiger partial charge >= 0.3 is 12.0 Å². The largest absolute Gasteiger partial charge is 0.495 e. The molecule has 0 bridgehead atoms. The Balaban J connectivity index is 1.57. The summed E-state index contributed by atoms with van der Waals surface area (Å²) in [4.78, 5) is 51.7. The van der Waals surface area contributed by atoms with Crippen molar-refractivity contribution >= 4 is 35.2 Å². The van der Waals surface area contributed by atoms with Gasteiger partial charge in [0.1, 0.15) is 5.75 Å². The van der Waals surface area contributed by atoms with Crippen LogP contribution in [0.25, 0.3) is 0 Å². The summed E-state index contributed by atoms with van der Waals surface area (Å²) >= 11 is 0. The van der Waals surface area contributed by atoms with Gasteiger partial charge in [-0.2, -0.15) is 0 Å². The van der Waals surface area contributed by atoms with Gasteiger partial charge in [0.25, 0.3) is 0 Å². The van der Waals surface area contributed by atoms with Gasteiger partial charge in [-0.05, 0) is 42.7 Å². The number of benzene rings is 2. The minimum absolute atomic E-state index is 0.0353. The number of methoxy groups -OCH3 is 1. The van der Waals surface area contributed by atoms with Crippen LogP contribution in [-0.2, 0) is 20.8 Å². The zero-order valence-corrected chi connectivity index (χ0v) is 20.6. The standard InChI is InChI=1S/C26H32N4O6/c1-18-6-3-4-7-20(18)27-26(35)28-21-9-8-19(16-22(21)36-2)17-24(32)30-13-5-12-29(14-15-30)23(31)10-11-25(33)34/h3-4,6-9,16H,5,10-15,17H2,1-2H3,(H,33,34)(H2,27,28,35). The lowest BCUT2D eigenvalue weighted by Gasteiger charge is -2.22. The number of carboxylic acid groups (broad SMARTS) is 1. The number of carbonyl (C=O) groups is 4. The maximum Gasteiger partial charge on any atom is 0.323 e. The molecular formula is C26H32N4O6. The number of urea groups is 1. The third kappa shape index (κ3) is 7.46. The van der Waals surface area contributed by atoms with Crippen molar-refractivity contribution in [2.24, 2.45) is 0 Å². The molecule has 10 heteroatoms. The van der Waals surface area contributed by atoms with Crippen LogP contribution in [0.4, 0.5) is 16.2 Å². The molecule has 10 nitrogen and oxygen atoms in total. The van der Waals surface area contributed by atoms with Gasteiger partial charge in [-0.3, -0.25) is 14.4 Å². The van der Waals surface area contributed by atoms with E-state index < -0.39 is 12.0 Å². The normalized spacial score (nSPS) is 13.5. The van der Waals surface area contributed by atoms with Crippen molar-refractivity contribution in [3.8, 4) is 5.75 Å². The van der Waals surface area contributed by atoms with Crippen molar-refractivity contribution in [2.75, 3.05) is 43.9 Å². The van der Waals surface area contributed by atoms with Gasteiger partial charge in [0.2, 0.25) is 11.8 Å². The summed E-state index contributed by atoms with van der Waals surface area (Å²) in [5.41, 5.74) is 2.86. The van der Waals surface area contributed by atoms with Gasteiger partial charge in [-0.25, -0.2) is 4.79 Å². The van der Waals surface area contributed by atoms with Crippen molar-refractivity contribution in [3.05, 3.63) is 53.6 Å². The van der Waals surface area contributed by atoms with E-state index in [1.165, 1.54) is 7.11 Å². The number of nitrogens with one attached hydrogen (secondary N) is 2. The van der Waals surface area contributed by atoms with E-state index in [4.69, 9.17) is 9.84 Å². The molecule has 1 fully saturated rings. The Morgan fingerprint density at radius 3 is 2.22 bits per heavy atom. The number of anilines is 2. The van der Waals surface area contributed by atoms with Crippen LogP contribution in [0.1, 0.15) is 30.4 Å². The van der Waals surface area contributed by atoms with Crippen molar-refractivity contribution in [3.63, 3.8) is 0 Å². The average molecular weight is 497 g/mol. The smallest absolute Gasteiger partial charge is 0.323 e. The molecule has 1 aliphatic rings. The molecule has 3 N–H and O–H groups in total.